The molecule has 1 unspecified atom stereocenters. The van der Waals surface area contributed by atoms with E-state index in [1.807, 2.05) is 19.1 Å². The van der Waals surface area contributed by atoms with Crippen LogP contribution in [0.2, 0.25) is 0 Å². The number of nitrogens with zero attached hydrogens (tertiary/aromatic N) is 4. The van der Waals surface area contributed by atoms with Crippen LogP contribution in [0.25, 0.3) is 16.7 Å². The Hall–Kier alpha value is -3.59. The third kappa shape index (κ3) is 4.67. The van der Waals surface area contributed by atoms with Crippen molar-refractivity contribution in [3.63, 3.8) is 0 Å². The van der Waals surface area contributed by atoms with Crippen LogP contribution in [0.15, 0.2) is 66.1 Å². The van der Waals surface area contributed by atoms with E-state index < -0.39 is 0 Å². The average Bonchev–Trinajstić information content (AvgIpc) is 3.22. The number of hydrogen-bond donors (Lipinski definition) is 1. The van der Waals surface area contributed by atoms with Gasteiger partial charge in [-0.25, -0.2) is 19.0 Å². The van der Waals surface area contributed by atoms with E-state index in [9.17, 15) is 14.0 Å². The minimum Gasteiger partial charge on any atom is -0.350 e. The highest BCUT2D eigenvalue weighted by Gasteiger charge is 2.14. The summed E-state index contributed by atoms with van der Waals surface area (Å²) in [5.41, 5.74) is 2.78. The summed E-state index contributed by atoms with van der Waals surface area (Å²) in [5.74, 6) is -0.263. The topological polar surface area (TPSA) is 89.8 Å². The normalized spacial score (nSPS) is 12.0. The second kappa shape index (κ2) is 9.27. The number of thioether (sulfide) groups is 1. The third-order valence-electron chi connectivity index (χ3n) is 4.89. The van der Waals surface area contributed by atoms with Gasteiger partial charge in [0.2, 0.25) is 5.91 Å². The molecule has 32 heavy (non-hydrogen) atoms. The van der Waals surface area contributed by atoms with E-state index >= 15 is 0 Å². The Morgan fingerprint density at radius 2 is 1.81 bits per heavy atom. The van der Waals surface area contributed by atoms with Gasteiger partial charge < -0.3 is 5.32 Å². The van der Waals surface area contributed by atoms with Crippen molar-refractivity contribution < 1.29 is 14.0 Å². The van der Waals surface area contributed by atoms with Crippen LogP contribution in [0.4, 0.5) is 4.39 Å². The van der Waals surface area contributed by atoms with Crippen LogP contribution >= 0.6 is 11.8 Å². The fourth-order valence-corrected chi connectivity index (χ4v) is 4.13. The van der Waals surface area contributed by atoms with Crippen molar-refractivity contribution in [3.8, 4) is 5.69 Å². The molecule has 0 bridgehead atoms. The highest BCUT2D eigenvalue weighted by molar-refractivity contribution is 8.00. The molecule has 2 heterocycles. The van der Waals surface area contributed by atoms with Crippen molar-refractivity contribution in [2.45, 2.75) is 24.9 Å². The van der Waals surface area contributed by atoms with E-state index in [2.05, 4.69) is 20.4 Å². The molecular formula is C23H20FN5O2S. The molecule has 7 nitrogen and oxygen atoms in total. The molecule has 0 aliphatic rings. The summed E-state index contributed by atoms with van der Waals surface area (Å²) in [7, 11) is 0. The number of nitrogens with one attached hydrogen (secondary N) is 1. The summed E-state index contributed by atoms with van der Waals surface area (Å²) in [5, 5.41) is 8.53. The lowest BCUT2D eigenvalue weighted by Crippen LogP contribution is -2.23. The molecule has 4 aromatic rings. The fourth-order valence-electron chi connectivity index (χ4n) is 3.27. The maximum atomic E-state index is 13.2. The van der Waals surface area contributed by atoms with Gasteiger partial charge in [-0.05, 0) is 36.8 Å². The van der Waals surface area contributed by atoms with Gasteiger partial charge in [-0.2, -0.15) is 5.10 Å². The average molecular weight is 450 g/mol. The van der Waals surface area contributed by atoms with Crippen LogP contribution < -0.4 is 5.32 Å². The molecule has 1 N–H and O–H groups in total. The van der Waals surface area contributed by atoms with E-state index in [4.69, 9.17) is 0 Å². The first-order valence-corrected chi connectivity index (χ1v) is 10.9. The summed E-state index contributed by atoms with van der Waals surface area (Å²) >= 11 is 1.31. The molecule has 0 saturated heterocycles. The highest BCUT2D eigenvalue weighted by atomic mass is 32.2. The lowest BCUT2D eigenvalue weighted by atomic mass is 10.0. The number of fused-ring (bicyclic) bond motifs is 1. The zero-order chi connectivity index (χ0) is 22.7. The molecule has 162 valence electrons. The van der Waals surface area contributed by atoms with Crippen LogP contribution in [0.3, 0.4) is 0 Å². The monoisotopic (exact) mass is 449 g/mol. The van der Waals surface area contributed by atoms with Crippen molar-refractivity contribution in [1.29, 1.82) is 0 Å². The van der Waals surface area contributed by atoms with Crippen LogP contribution in [0.5, 0.6) is 0 Å². The summed E-state index contributed by atoms with van der Waals surface area (Å²) in [6.07, 6.45) is 3.07. The van der Waals surface area contributed by atoms with E-state index in [1.165, 1.54) is 37.1 Å². The number of Topliss-reactive ketones (excluding diaryl/α,β-unsaturated/α-hetero) is 1. The molecule has 2 aromatic heterocycles. The van der Waals surface area contributed by atoms with E-state index in [0.29, 0.717) is 27.3 Å². The van der Waals surface area contributed by atoms with E-state index in [1.54, 1.807) is 35.1 Å². The van der Waals surface area contributed by atoms with Crippen LogP contribution in [-0.4, -0.2) is 37.2 Å². The number of carbonyl (C=O) groups is 2. The van der Waals surface area contributed by atoms with Crippen molar-refractivity contribution >= 4 is 34.5 Å². The molecule has 9 heteroatoms. The minimum atomic E-state index is -0.327. The smallest absolute Gasteiger partial charge is 0.217 e. The lowest BCUT2D eigenvalue weighted by molar-refractivity contribution is -0.119. The standard InChI is InChI=1S/C23H20FN5O2S/c1-14(28-15(2)30)16-3-5-17(6-4-16)21(31)12-32-23-20-11-27-29(22(20)25-13-26-23)19-9-7-18(24)8-10-19/h3-11,13-14H,12H2,1-2H3,(H,28,30). The van der Waals surface area contributed by atoms with Gasteiger partial charge in [-0.3, -0.25) is 9.59 Å². The summed E-state index contributed by atoms with van der Waals surface area (Å²) in [6, 6.07) is 13.0. The first-order chi connectivity index (χ1) is 15.4. The second-order valence-corrected chi connectivity index (χ2v) is 8.17. The molecule has 0 fully saturated rings. The predicted molar refractivity (Wildman–Crippen MR) is 120 cm³/mol. The van der Waals surface area contributed by atoms with Crippen molar-refractivity contribution in [2.24, 2.45) is 0 Å². The van der Waals surface area contributed by atoms with Gasteiger partial charge in [0.15, 0.2) is 11.4 Å². The highest BCUT2D eigenvalue weighted by Crippen LogP contribution is 2.26. The molecule has 1 atom stereocenters. The molecular weight excluding hydrogens is 429 g/mol. The van der Waals surface area contributed by atoms with Gasteiger partial charge in [-0.1, -0.05) is 36.0 Å². The Bertz CT molecular complexity index is 1270. The Morgan fingerprint density at radius 1 is 1.09 bits per heavy atom. The van der Waals surface area contributed by atoms with Gasteiger partial charge in [0, 0.05) is 12.5 Å². The van der Waals surface area contributed by atoms with Crippen LogP contribution in [0.1, 0.15) is 35.8 Å². The quantitative estimate of drug-likeness (QED) is 0.259. The van der Waals surface area contributed by atoms with Gasteiger partial charge in [0.25, 0.3) is 0 Å². The SMILES string of the molecule is CC(=O)NC(C)c1ccc(C(=O)CSc2ncnc3c2cnn3-c2ccc(F)cc2)cc1. The van der Waals surface area contributed by atoms with Crippen molar-refractivity contribution in [1.82, 2.24) is 25.1 Å². The van der Waals surface area contributed by atoms with Crippen molar-refractivity contribution in [2.75, 3.05) is 5.75 Å². The molecule has 1 amide bonds. The van der Waals surface area contributed by atoms with Crippen LogP contribution in [0, 0.1) is 5.82 Å². The van der Waals surface area contributed by atoms with Crippen molar-refractivity contribution in [3.05, 3.63) is 78.0 Å². The molecule has 0 aliphatic carbocycles. The number of carbonyl (C=O) groups excluding carboxylic acids is 2. The predicted octanol–water partition coefficient (Wildman–Crippen LogP) is 4.13. The lowest BCUT2D eigenvalue weighted by Gasteiger charge is -2.13. The van der Waals surface area contributed by atoms with Gasteiger partial charge in [-0.15, -0.1) is 0 Å². The van der Waals surface area contributed by atoms with Gasteiger partial charge >= 0.3 is 0 Å². The maximum Gasteiger partial charge on any atom is 0.217 e. The van der Waals surface area contributed by atoms with E-state index in [-0.39, 0.29) is 29.3 Å². The molecule has 2 aromatic carbocycles. The Kier molecular flexibility index (Phi) is 6.27. The largest absolute Gasteiger partial charge is 0.350 e. The second-order valence-electron chi connectivity index (χ2n) is 7.20. The summed E-state index contributed by atoms with van der Waals surface area (Å²) in [6.45, 7) is 3.36. The number of rotatable bonds is 7. The maximum absolute atomic E-state index is 13.2. The number of amides is 1. The first kappa shape index (κ1) is 21.6. The number of ketones is 1. The third-order valence-corrected chi connectivity index (χ3v) is 5.90. The zero-order valence-corrected chi connectivity index (χ0v) is 18.3. The molecule has 4 rings (SSSR count). The summed E-state index contributed by atoms with van der Waals surface area (Å²) in [4.78, 5) is 32.5. The fraction of sp³-hybridized carbons (Fsp3) is 0.174. The Morgan fingerprint density at radius 3 is 2.50 bits per heavy atom. The molecule has 0 saturated carbocycles. The Balaban J connectivity index is 1.48. The number of hydrogen-bond acceptors (Lipinski definition) is 6. The zero-order valence-electron chi connectivity index (χ0n) is 17.4. The van der Waals surface area contributed by atoms with E-state index in [0.717, 1.165) is 5.56 Å². The van der Waals surface area contributed by atoms with Gasteiger partial charge in [0.05, 0.1) is 29.1 Å². The molecule has 0 spiro atoms. The Labute approximate surface area is 188 Å². The summed E-state index contributed by atoms with van der Waals surface area (Å²) < 4.78 is 14.8. The number of benzene rings is 2. The van der Waals surface area contributed by atoms with Crippen LogP contribution in [-0.2, 0) is 4.79 Å². The number of aromatic nitrogens is 4. The first-order valence-electron chi connectivity index (χ1n) is 9.90. The number of halogens is 1. The molecule has 0 radical (unpaired) electrons. The minimum absolute atomic E-state index is 0.0357. The van der Waals surface area contributed by atoms with Gasteiger partial charge in [0.1, 0.15) is 17.2 Å². The molecule has 0 aliphatic heterocycles.